The lowest BCUT2D eigenvalue weighted by atomic mass is 10.4. The van der Waals surface area contributed by atoms with E-state index in [9.17, 15) is 4.80 Å². The molecular formula is C14H24O5Si. The van der Waals surface area contributed by atoms with Gasteiger partial charge in [-0.25, -0.2) is 0 Å². The monoisotopic (exact) mass is 300 g/mol. The fourth-order valence-corrected chi connectivity index (χ4v) is 3.37. The summed E-state index contributed by atoms with van der Waals surface area (Å²) in [6, 6.07) is 9.22. The van der Waals surface area contributed by atoms with Crippen LogP contribution >= 0.6 is 0 Å². The molecule has 0 aromatic heterocycles. The van der Waals surface area contributed by atoms with Crippen LogP contribution in [0.4, 0.5) is 0 Å². The molecule has 0 unspecified atom stereocenters. The van der Waals surface area contributed by atoms with E-state index in [1.165, 1.54) is 0 Å². The maximum absolute atomic E-state index is 10.7. The Kier molecular flexibility index (Phi) is 8.67. The van der Waals surface area contributed by atoms with Crippen molar-refractivity contribution < 1.29 is 23.1 Å². The molecule has 6 heteroatoms. The van der Waals surface area contributed by atoms with Crippen molar-refractivity contribution in [2.24, 2.45) is 0 Å². The lowest BCUT2D eigenvalue weighted by molar-refractivity contribution is 0.0422. The molecule has 0 aliphatic heterocycles. The minimum absolute atomic E-state index is 0.306. The molecule has 0 saturated heterocycles. The van der Waals surface area contributed by atoms with Gasteiger partial charge in [-0.15, -0.1) is 0 Å². The van der Waals surface area contributed by atoms with Gasteiger partial charge < -0.3 is 23.1 Å². The van der Waals surface area contributed by atoms with Gasteiger partial charge in [0.15, 0.2) is 0 Å². The fourth-order valence-electron chi connectivity index (χ4n) is 1.62. The minimum atomic E-state index is -3.39. The van der Waals surface area contributed by atoms with Crippen molar-refractivity contribution in [3.63, 3.8) is 0 Å². The average Bonchev–Trinajstić information content (AvgIpc) is 2.49. The van der Waals surface area contributed by atoms with E-state index in [1.54, 1.807) is 0 Å². The summed E-state index contributed by atoms with van der Waals surface area (Å²) in [6.45, 7) is 6.57. The van der Waals surface area contributed by atoms with E-state index < -0.39 is 8.80 Å². The summed E-state index contributed by atoms with van der Waals surface area (Å²) in [5.41, 5.74) is 0. The van der Waals surface area contributed by atoms with E-state index in [2.05, 4.69) is 0 Å². The van der Waals surface area contributed by atoms with Crippen molar-refractivity contribution in [1.82, 2.24) is 0 Å². The fraction of sp³-hybridized carbons (Fsp3) is 0.571. The first-order valence-corrected chi connectivity index (χ1v) is 8.70. The first-order chi connectivity index (χ1) is 9.73. The second-order valence-corrected chi connectivity index (χ2v) is 6.36. The Morgan fingerprint density at radius 3 is 1.80 bits per heavy atom. The van der Waals surface area contributed by atoms with Crippen molar-refractivity contribution in [2.45, 2.75) is 13.8 Å². The predicted molar refractivity (Wildman–Crippen MR) is 78.9 cm³/mol. The maximum atomic E-state index is 10.7. The van der Waals surface area contributed by atoms with Crippen LogP contribution in [0.25, 0.3) is 0 Å². The zero-order valence-corrected chi connectivity index (χ0v) is 13.2. The van der Waals surface area contributed by atoms with E-state index in [0.717, 1.165) is 0 Å². The third kappa shape index (κ3) is 6.13. The Labute approximate surface area is 121 Å². The molecule has 1 aromatic carbocycles. The summed E-state index contributed by atoms with van der Waals surface area (Å²) < 4.78 is 21.6. The van der Waals surface area contributed by atoms with Gasteiger partial charge in [0, 0.05) is 18.4 Å². The molecule has 0 spiro atoms. The SMILES string of the molecule is CCOCCO[Si](O)(OCCOCC)c1ccccc1. The van der Waals surface area contributed by atoms with Crippen LogP contribution in [0.2, 0.25) is 0 Å². The first kappa shape index (κ1) is 17.3. The third-order valence-electron chi connectivity index (χ3n) is 2.60. The lowest BCUT2D eigenvalue weighted by Crippen LogP contribution is -2.55. The smallest absolute Gasteiger partial charge is 0.386 e. The summed E-state index contributed by atoms with van der Waals surface area (Å²) in [7, 11) is -3.39. The van der Waals surface area contributed by atoms with Crippen molar-refractivity contribution in [3.8, 4) is 0 Å². The lowest BCUT2D eigenvalue weighted by Gasteiger charge is -2.24. The molecule has 114 valence electrons. The van der Waals surface area contributed by atoms with Crippen LogP contribution in [0.15, 0.2) is 30.3 Å². The van der Waals surface area contributed by atoms with Crippen LogP contribution in [-0.2, 0) is 18.3 Å². The minimum Gasteiger partial charge on any atom is -0.386 e. The van der Waals surface area contributed by atoms with E-state index in [0.29, 0.717) is 44.8 Å². The number of benzene rings is 1. The van der Waals surface area contributed by atoms with E-state index in [1.807, 2.05) is 44.2 Å². The molecule has 0 amide bonds. The zero-order chi connectivity index (χ0) is 14.7. The Hall–Kier alpha value is -0.763. The second kappa shape index (κ2) is 10.0. The number of hydrogen-bond donors (Lipinski definition) is 1. The van der Waals surface area contributed by atoms with Crippen LogP contribution in [0.3, 0.4) is 0 Å². The van der Waals surface area contributed by atoms with Crippen molar-refractivity contribution in [2.75, 3.05) is 39.6 Å². The summed E-state index contributed by atoms with van der Waals surface area (Å²) >= 11 is 0. The number of rotatable bonds is 11. The standard InChI is InChI=1S/C14H24O5Si/c1-3-16-10-12-18-20(15,19-13-11-17-4-2)14-8-6-5-7-9-14/h5-9,15H,3-4,10-13H2,1-2H3. The maximum Gasteiger partial charge on any atom is 0.534 e. The van der Waals surface area contributed by atoms with Gasteiger partial charge in [0.2, 0.25) is 0 Å². The van der Waals surface area contributed by atoms with Crippen LogP contribution < -0.4 is 5.19 Å². The Morgan fingerprint density at radius 2 is 1.35 bits per heavy atom. The average molecular weight is 300 g/mol. The first-order valence-electron chi connectivity index (χ1n) is 6.94. The summed E-state index contributed by atoms with van der Waals surface area (Å²) in [6.07, 6.45) is 0. The largest absolute Gasteiger partial charge is 0.534 e. The summed E-state index contributed by atoms with van der Waals surface area (Å²) in [5.74, 6) is 0. The van der Waals surface area contributed by atoms with Gasteiger partial charge in [0.1, 0.15) is 0 Å². The van der Waals surface area contributed by atoms with Gasteiger partial charge >= 0.3 is 8.80 Å². The number of hydrogen-bond acceptors (Lipinski definition) is 5. The van der Waals surface area contributed by atoms with Gasteiger partial charge in [0.05, 0.1) is 26.4 Å². The molecule has 0 bridgehead atoms. The van der Waals surface area contributed by atoms with E-state index in [4.69, 9.17) is 18.3 Å². The predicted octanol–water partition coefficient (Wildman–Crippen LogP) is 0.931. The topological polar surface area (TPSA) is 57.2 Å². The van der Waals surface area contributed by atoms with Gasteiger partial charge in [-0.3, -0.25) is 0 Å². The summed E-state index contributed by atoms with van der Waals surface area (Å²) in [5, 5.41) is 0.688. The molecule has 5 nitrogen and oxygen atoms in total. The highest BCUT2D eigenvalue weighted by Crippen LogP contribution is 2.05. The third-order valence-corrected chi connectivity index (χ3v) is 4.85. The molecule has 0 fully saturated rings. The van der Waals surface area contributed by atoms with Gasteiger partial charge in [0.25, 0.3) is 0 Å². The number of ether oxygens (including phenoxy) is 2. The Bertz CT molecular complexity index is 335. The quantitative estimate of drug-likeness (QED) is 0.487. The van der Waals surface area contributed by atoms with Crippen molar-refractivity contribution >= 4 is 14.0 Å². The molecule has 1 N–H and O–H groups in total. The molecule has 0 aliphatic carbocycles. The van der Waals surface area contributed by atoms with E-state index >= 15 is 0 Å². The van der Waals surface area contributed by atoms with Crippen LogP contribution in [0.5, 0.6) is 0 Å². The Balaban J connectivity index is 2.57. The summed E-state index contributed by atoms with van der Waals surface area (Å²) in [4.78, 5) is 10.7. The van der Waals surface area contributed by atoms with Crippen LogP contribution in [-0.4, -0.2) is 53.2 Å². The molecular weight excluding hydrogens is 276 g/mol. The molecule has 20 heavy (non-hydrogen) atoms. The van der Waals surface area contributed by atoms with Crippen LogP contribution in [0.1, 0.15) is 13.8 Å². The zero-order valence-electron chi connectivity index (χ0n) is 12.2. The van der Waals surface area contributed by atoms with Gasteiger partial charge in [-0.1, -0.05) is 30.3 Å². The van der Waals surface area contributed by atoms with Crippen molar-refractivity contribution in [3.05, 3.63) is 30.3 Å². The molecule has 1 rings (SSSR count). The Morgan fingerprint density at radius 1 is 0.850 bits per heavy atom. The molecule has 0 atom stereocenters. The van der Waals surface area contributed by atoms with Crippen LogP contribution in [0, 0.1) is 0 Å². The molecule has 0 heterocycles. The molecule has 0 aliphatic rings. The molecule has 0 saturated carbocycles. The highest BCUT2D eigenvalue weighted by atomic mass is 28.4. The second-order valence-electron chi connectivity index (χ2n) is 4.04. The van der Waals surface area contributed by atoms with Gasteiger partial charge in [-0.2, -0.15) is 0 Å². The highest BCUT2D eigenvalue weighted by Gasteiger charge is 2.39. The molecule has 1 aromatic rings. The van der Waals surface area contributed by atoms with Crippen molar-refractivity contribution in [1.29, 1.82) is 0 Å². The van der Waals surface area contributed by atoms with Gasteiger partial charge in [-0.05, 0) is 13.8 Å². The normalized spacial score (nSPS) is 11.8. The van der Waals surface area contributed by atoms with E-state index in [-0.39, 0.29) is 0 Å². The highest BCUT2D eigenvalue weighted by molar-refractivity contribution is 6.74. The molecule has 0 radical (unpaired) electrons.